The number of ether oxygens (including phenoxy) is 1. The topological polar surface area (TPSA) is 162 Å². The van der Waals surface area contributed by atoms with Gasteiger partial charge in [-0.25, -0.2) is 4.98 Å². The van der Waals surface area contributed by atoms with Crippen molar-refractivity contribution in [1.29, 1.82) is 0 Å². The van der Waals surface area contributed by atoms with Crippen molar-refractivity contribution in [3.05, 3.63) is 18.7 Å². The van der Waals surface area contributed by atoms with Crippen molar-refractivity contribution in [2.24, 2.45) is 0 Å². The van der Waals surface area contributed by atoms with Gasteiger partial charge in [0.1, 0.15) is 12.8 Å². The van der Waals surface area contributed by atoms with Crippen LogP contribution >= 0.6 is 15.2 Å². The van der Waals surface area contributed by atoms with Gasteiger partial charge in [0.2, 0.25) is 0 Å². The first-order chi connectivity index (χ1) is 8.49. The zero-order chi connectivity index (χ0) is 14.9. The van der Waals surface area contributed by atoms with Gasteiger partial charge in [-0.2, -0.15) is 0 Å². The second-order valence-corrected chi connectivity index (χ2v) is 7.79. The Balaban J connectivity index is 2.87. The van der Waals surface area contributed by atoms with Crippen LogP contribution < -0.4 is 0 Å². The Kier molecular flexibility index (Phi) is 4.71. The molecule has 19 heavy (non-hydrogen) atoms. The summed E-state index contributed by atoms with van der Waals surface area (Å²) in [7, 11) is -11.0. The minimum absolute atomic E-state index is 0.827. The smallest absolute Gasteiger partial charge is 0.366 e. The van der Waals surface area contributed by atoms with Gasteiger partial charge >= 0.3 is 15.2 Å². The standard InChI is InChI=1S/C7H14N2O8P2/c1-6(9-3-2-8-5-9)17-4-7(10,18(11,12)13)19(14,15)16/h2-3,5-6,10H,4H2,1H3,(H2,11,12,13)(H2,14,15,16). The summed E-state index contributed by atoms with van der Waals surface area (Å²) in [6.45, 7) is 0.211. The van der Waals surface area contributed by atoms with E-state index in [-0.39, 0.29) is 0 Å². The summed E-state index contributed by atoms with van der Waals surface area (Å²) in [5, 5.41) is 5.98. The molecule has 1 aromatic rings. The molecule has 110 valence electrons. The molecule has 1 unspecified atom stereocenters. The molecule has 0 bridgehead atoms. The third-order valence-corrected chi connectivity index (χ3v) is 6.08. The van der Waals surface area contributed by atoms with Crippen molar-refractivity contribution in [2.75, 3.05) is 6.61 Å². The highest BCUT2D eigenvalue weighted by Crippen LogP contribution is 2.67. The van der Waals surface area contributed by atoms with Crippen LogP contribution in [0, 0.1) is 0 Å². The lowest BCUT2D eigenvalue weighted by atomic mass is 10.6. The van der Waals surface area contributed by atoms with Gasteiger partial charge in [0.15, 0.2) is 0 Å². The first-order valence-electron chi connectivity index (χ1n) is 4.92. The molecule has 0 aliphatic rings. The second-order valence-electron chi connectivity index (χ2n) is 3.78. The number of rotatable bonds is 6. The maximum Gasteiger partial charge on any atom is 0.371 e. The average Bonchev–Trinajstić information content (AvgIpc) is 2.75. The molecular formula is C7H14N2O8P2. The van der Waals surface area contributed by atoms with Gasteiger partial charge in [0.25, 0.3) is 5.08 Å². The van der Waals surface area contributed by atoms with Crippen molar-refractivity contribution in [1.82, 2.24) is 9.55 Å². The quantitative estimate of drug-likeness (QED) is 0.432. The lowest BCUT2D eigenvalue weighted by Gasteiger charge is -2.30. The number of imidazole rings is 1. The van der Waals surface area contributed by atoms with Crippen LogP contribution in [0.3, 0.4) is 0 Å². The summed E-state index contributed by atoms with van der Waals surface area (Å²) in [5.74, 6) is 0. The minimum atomic E-state index is -5.50. The number of nitrogens with zero attached hydrogens (tertiary/aromatic N) is 2. The second kappa shape index (κ2) is 5.43. The van der Waals surface area contributed by atoms with Crippen molar-refractivity contribution in [3.8, 4) is 0 Å². The average molecular weight is 316 g/mol. The van der Waals surface area contributed by atoms with Crippen molar-refractivity contribution >= 4 is 15.2 Å². The SMILES string of the molecule is CC(OCC(O)(P(=O)(O)O)P(=O)(O)O)n1ccnc1. The third kappa shape index (κ3) is 3.50. The van der Waals surface area contributed by atoms with Gasteiger partial charge in [0, 0.05) is 12.4 Å². The van der Waals surface area contributed by atoms with Gasteiger partial charge in [-0.15, -0.1) is 0 Å². The van der Waals surface area contributed by atoms with Gasteiger partial charge in [0.05, 0.1) is 6.33 Å². The highest BCUT2D eigenvalue weighted by atomic mass is 31.2. The van der Waals surface area contributed by atoms with Gasteiger partial charge in [-0.3, -0.25) is 9.13 Å². The lowest BCUT2D eigenvalue weighted by molar-refractivity contribution is -0.0385. The van der Waals surface area contributed by atoms with E-state index in [4.69, 9.17) is 24.3 Å². The van der Waals surface area contributed by atoms with Gasteiger partial charge in [-0.1, -0.05) is 0 Å². The van der Waals surface area contributed by atoms with Crippen molar-refractivity contribution in [3.63, 3.8) is 0 Å². The Morgan fingerprint density at radius 3 is 2.21 bits per heavy atom. The van der Waals surface area contributed by atoms with Gasteiger partial charge < -0.3 is 34.0 Å². The molecule has 10 nitrogen and oxygen atoms in total. The molecule has 12 heteroatoms. The van der Waals surface area contributed by atoms with E-state index in [9.17, 15) is 14.2 Å². The molecule has 0 saturated heterocycles. The van der Waals surface area contributed by atoms with Gasteiger partial charge in [-0.05, 0) is 6.92 Å². The fourth-order valence-corrected chi connectivity index (χ4v) is 2.98. The van der Waals surface area contributed by atoms with Crippen LogP contribution in [-0.2, 0) is 13.9 Å². The monoisotopic (exact) mass is 316 g/mol. The molecule has 0 aliphatic heterocycles. The maximum atomic E-state index is 11.1. The molecule has 1 rings (SSSR count). The van der Waals surface area contributed by atoms with Crippen molar-refractivity contribution < 1.29 is 38.5 Å². The van der Waals surface area contributed by atoms with E-state index in [0.29, 0.717) is 0 Å². The predicted octanol–water partition coefficient (Wildman–Crippen LogP) is -0.580. The third-order valence-electron chi connectivity index (χ3n) is 2.40. The molecule has 5 N–H and O–H groups in total. The zero-order valence-electron chi connectivity index (χ0n) is 9.77. The summed E-state index contributed by atoms with van der Waals surface area (Å²) in [6, 6.07) is 0. The van der Waals surface area contributed by atoms with E-state index in [2.05, 4.69) is 4.98 Å². The highest BCUT2D eigenvalue weighted by Gasteiger charge is 2.60. The molecule has 0 aromatic carbocycles. The van der Waals surface area contributed by atoms with Crippen LogP contribution in [0.5, 0.6) is 0 Å². The van der Waals surface area contributed by atoms with Crippen LogP contribution in [0.15, 0.2) is 18.7 Å². The van der Waals surface area contributed by atoms with Crippen LogP contribution in [0.4, 0.5) is 0 Å². The maximum absolute atomic E-state index is 11.1. The summed E-state index contributed by atoms with van der Waals surface area (Å²) in [4.78, 5) is 39.2. The van der Waals surface area contributed by atoms with Crippen LogP contribution in [0.25, 0.3) is 0 Å². The number of aliphatic hydroxyl groups is 1. The summed E-state index contributed by atoms with van der Waals surface area (Å²) in [6.07, 6.45) is 3.39. The molecule has 0 amide bonds. The fraction of sp³-hybridized carbons (Fsp3) is 0.571. The van der Waals surface area contributed by atoms with Crippen LogP contribution in [-0.4, -0.2) is 45.9 Å². The molecule has 0 radical (unpaired) electrons. The molecule has 0 saturated carbocycles. The van der Waals surface area contributed by atoms with E-state index in [1.54, 1.807) is 0 Å². The Morgan fingerprint density at radius 2 is 1.84 bits per heavy atom. The molecule has 1 heterocycles. The molecular weight excluding hydrogens is 302 g/mol. The van der Waals surface area contributed by atoms with E-state index in [0.717, 1.165) is 0 Å². The largest absolute Gasteiger partial charge is 0.371 e. The van der Waals surface area contributed by atoms with Crippen LogP contribution in [0.2, 0.25) is 0 Å². The number of aromatic nitrogens is 2. The molecule has 0 fully saturated rings. The van der Waals surface area contributed by atoms with E-state index >= 15 is 0 Å². The van der Waals surface area contributed by atoms with E-state index in [1.807, 2.05) is 0 Å². The summed E-state index contributed by atoms with van der Waals surface area (Å²) in [5.41, 5.74) is 0. The van der Waals surface area contributed by atoms with E-state index in [1.165, 1.54) is 30.2 Å². The molecule has 1 aromatic heterocycles. The predicted molar refractivity (Wildman–Crippen MR) is 61.9 cm³/mol. The Morgan fingerprint density at radius 1 is 1.32 bits per heavy atom. The van der Waals surface area contributed by atoms with E-state index < -0.39 is 33.1 Å². The van der Waals surface area contributed by atoms with Crippen LogP contribution in [0.1, 0.15) is 13.2 Å². The Bertz CT molecular complexity index is 483. The Labute approximate surface area is 108 Å². The number of hydrogen-bond donors (Lipinski definition) is 5. The van der Waals surface area contributed by atoms with Crippen molar-refractivity contribution in [2.45, 2.75) is 18.2 Å². The molecule has 0 aliphatic carbocycles. The summed E-state index contributed by atoms with van der Waals surface area (Å²) >= 11 is 0. The molecule has 0 spiro atoms. The molecule has 1 atom stereocenters. The fourth-order valence-electron chi connectivity index (χ4n) is 1.14. The highest BCUT2D eigenvalue weighted by molar-refractivity contribution is 7.72. The first-order valence-corrected chi connectivity index (χ1v) is 8.14. The Hall–Kier alpha value is -0.570. The first kappa shape index (κ1) is 16.5. The normalized spacial score (nSPS) is 15.5. The zero-order valence-corrected chi connectivity index (χ0v) is 11.6. The lowest BCUT2D eigenvalue weighted by Crippen LogP contribution is -2.35. The summed E-state index contributed by atoms with van der Waals surface area (Å²) < 4.78 is 28.4. The number of hydrogen-bond acceptors (Lipinski definition) is 5. The minimum Gasteiger partial charge on any atom is -0.366 e.